The quantitative estimate of drug-likeness (QED) is 0.535. The zero-order valence-corrected chi connectivity index (χ0v) is 8.16. The number of nitrogens with zero attached hydrogens (tertiary/aromatic N) is 1. The molecule has 2 rings (SSSR count). The van der Waals surface area contributed by atoms with E-state index >= 15 is 0 Å². The molecule has 5 N–H and O–H groups in total. The fraction of sp³-hybridized carbons (Fsp3) is 0.200. The molecule has 5 nitrogen and oxygen atoms in total. The monoisotopic (exact) mass is 202 g/mol. The molecule has 0 saturated carbocycles. The van der Waals surface area contributed by atoms with Crippen LogP contribution in [-0.2, 0) is 10.2 Å². The Morgan fingerprint density at radius 3 is 2.60 bits per heavy atom. The third-order valence-electron chi connectivity index (χ3n) is 2.69. The van der Waals surface area contributed by atoms with Crippen molar-refractivity contribution in [1.29, 1.82) is 5.26 Å². The molecule has 1 aromatic carbocycles. The lowest BCUT2D eigenvalue weighted by Gasteiger charge is -2.12. The number of nitrogens with two attached hydrogens (primary N) is 2. The summed E-state index contributed by atoms with van der Waals surface area (Å²) >= 11 is 0. The van der Waals surface area contributed by atoms with Crippen molar-refractivity contribution in [1.82, 2.24) is 0 Å². The van der Waals surface area contributed by atoms with Crippen molar-refractivity contribution in [2.75, 3.05) is 16.8 Å². The second-order valence-corrected chi connectivity index (χ2v) is 3.72. The first-order valence-corrected chi connectivity index (χ1v) is 4.41. The number of rotatable bonds is 0. The third kappa shape index (κ3) is 1.05. The number of nitriles is 1. The molecule has 1 amide bonds. The smallest absolute Gasteiger partial charge is 0.249 e. The number of anilines is 3. The fourth-order valence-corrected chi connectivity index (χ4v) is 1.63. The lowest BCUT2D eigenvalue weighted by molar-refractivity contribution is -0.118. The number of carbonyl (C=O) groups excluding carboxylic acids is 1. The highest BCUT2D eigenvalue weighted by Crippen LogP contribution is 2.40. The van der Waals surface area contributed by atoms with Crippen LogP contribution < -0.4 is 16.8 Å². The van der Waals surface area contributed by atoms with Gasteiger partial charge in [0.25, 0.3) is 0 Å². The van der Waals surface area contributed by atoms with Crippen LogP contribution in [0.4, 0.5) is 17.1 Å². The average molecular weight is 202 g/mol. The van der Waals surface area contributed by atoms with Gasteiger partial charge >= 0.3 is 0 Å². The van der Waals surface area contributed by atoms with Crippen molar-refractivity contribution in [3.05, 3.63) is 17.7 Å². The van der Waals surface area contributed by atoms with Crippen LogP contribution in [0.5, 0.6) is 0 Å². The minimum absolute atomic E-state index is 0.343. The zero-order valence-electron chi connectivity index (χ0n) is 8.16. The first kappa shape index (κ1) is 9.34. The van der Waals surface area contributed by atoms with E-state index in [0.29, 0.717) is 22.6 Å². The molecule has 0 aromatic heterocycles. The fourth-order valence-electron chi connectivity index (χ4n) is 1.63. The van der Waals surface area contributed by atoms with Crippen molar-refractivity contribution in [2.45, 2.75) is 12.3 Å². The van der Waals surface area contributed by atoms with E-state index in [4.69, 9.17) is 16.7 Å². The second kappa shape index (κ2) is 2.64. The molecular weight excluding hydrogens is 192 g/mol. The molecular formula is C10H10N4O. The first-order valence-electron chi connectivity index (χ1n) is 4.41. The van der Waals surface area contributed by atoms with Crippen LogP contribution >= 0.6 is 0 Å². The molecule has 0 fully saturated rings. The van der Waals surface area contributed by atoms with Gasteiger partial charge in [-0.05, 0) is 19.1 Å². The lowest BCUT2D eigenvalue weighted by Crippen LogP contribution is -2.28. The molecule has 5 heteroatoms. The van der Waals surface area contributed by atoms with Gasteiger partial charge in [-0.3, -0.25) is 4.79 Å². The van der Waals surface area contributed by atoms with Crippen molar-refractivity contribution in [3.63, 3.8) is 0 Å². The Morgan fingerprint density at radius 1 is 1.40 bits per heavy atom. The number of amides is 1. The minimum Gasteiger partial charge on any atom is -0.397 e. The summed E-state index contributed by atoms with van der Waals surface area (Å²) in [6.45, 7) is 1.56. The Labute approximate surface area is 86.7 Å². The van der Waals surface area contributed by atoms with E-state index in [9.17, 15) is 4.79 Å². The Morgan fingerprint density at radius 2 is 2.00 bits per heavy atom. The predicted octanol–water partition coefficient (Wildman–Crippen LogP) is 0.584. The maximum Gasteiger partial charge on any atom is 0.249 e. The van der Waals surface area contributed by atoms with Crippen LogP contribution in [0.25, 0.3) is 0 Å². The lowest BCUT2D eigenvalue weighted by atomic mass is 9.85. The van der Waals surface area contributed by atoms with Crippen molar-refractivity contribution < 1.29 is 4.79 Å². The summed E-state index contributed by atoms with van der Waals surface area (Å²) in [6.07, 6.45) is 0. The highest BCUT2D eigenvalue weighted by Gasteiger charge is 2.43. The molecule has 0 spiro atoms. The number of fused-ring (bicyclic) bond motifs is 1. The van der Waals surface area contributed by atoms with Gasteiger partial charge in [-0.15, -0.1) is 0 Å². The summed E-state index contributed by atoms with van der Waals surface area (Å²) in [6, 6.07) is 5.13. The van der Waals surface area contributed by atoms with Gasteiger partial charge in [-0.25, -0.2) is 0 Å². The van der Waals surface area contributed by atoms with Crippen molar-refractivity contribution in [3.8, 4) is 6.07 Å². The normalized spacial score (nSPS) is 23.1. The standard InChI is InChI=1S/C10H10N4O/c1-10(4-11)5-2-6(12)7(13)3-8(5)14-9(10)15/h2-3H,12-13H2,1H3,(H,14,15). The first-order chi connectivity index (χ1) is 6.99. The molecule has 0 bridgehead atoms. The van der Waals surface area contributed by atoms with Gasteiger partial charge in [0.2, 0.25) is 5.91 Å². The molecule has 1 heterocycles. The van der Waals surface area contributed by atoms with E-state index in [1.165, 1.54) is 0 Å². The van der Waals surface area contributed by atoms with Crippen LogP contribution in [0, 0.1) is 11.3 Å². The van der Waals surface area contributed by atoms with Crippen LogP contribution in [-0.4, -0.2) is 5.91 Å². The molecule has 1 aliphatic heterocycles. The van der Waals surface area contributed by atoms with E-state index in [0.717, 1.165) is 0 Å². The van der Waals surface area contributed by atoms with E-state index in [1.54, 1.807) is 19.1 Å². The number of carbonyl (C=O) groups is 1. The summed E-state index contributed by atoms with van der Waals surface area (Å²) in [4.78, 5) is 11.6. The SMILES string of the molecule is CC1(C#N)C(=O)Nc2cc(N)c(N)cc21. The third-order valence-corrected chi connectivity index (χ3v) is 2.69. The molecule has 0 aliphatic carbocycles. The summed E-state index contributed by atoms with van der Waals surface area (Å²) in [5.74, 6) is -0.343. The summed E-state index contributed by atoms with van der Waals surface area (Å²) in [5.41, 5.74) is 12.0. The van der Waals surface area contributed by atoms with Gasteiger partial charge in [0.15, 0.2) is 5.41 Å². The van der Waals surface area contributed by atoms with Gasteiger partial charge in [0, 0.05) is 11.3 Å². The number of hydrogen-bond acceptors (Lipinski definition) is 4. The zero-order chi connectivity index (χ0) is 11.2. The molecule has 1 aliphatic rings. The second-order valence-electron chi connectivity index (χ2n) is 3.72. The predicted molar refractivity (Wildman–Crippen MR) is 56.9 cm³/mol. The van der Waals surface area contributed by atoms with Gasteiger partial charge in [0.1, 0.15) is 0 Å². The van der Waals surface area contributed by atoms with Crippen molar-refractivity contribution >= 4 is 23.0 Å². The highest BCUT2D eigenvalue weighted by atomic mass is 16.2. The van der Waals surface area contributed by atoms with E-state index in [-0.39, 0.29) is 5.91 Å². The molecule has 15 heavy (non-hydrogen) atoms. The number of nitrogen functional groups attached to an aromatic ring is 2. The average Bonchev–Trinajstić information content (AvgIpc) is 2.43. The highest BCUT2D eigenvalue weighted by molar-refractivity contribution is 6.09. The van der Waals surface area contributed by atoms with Gasteiger partial charge < -0.3 is 16.8 Å². The Bertz CT molecular complexity index is 503. The summed E-state index contributed by atoms with van der Waals surface area (Å²) in [5, 5.41) is 11.6. The Balaban J connectivity index is 2.71. The van der Waals surface area contributed by atoms with Crippen molar-refractivity contribution in [2.24, 2.45) is 0 Å². The van der Waals surface area contributed by atoms with E-state index in [1.807, 2.05) is 6.07 Å². The Kier molecular flexibility index (Phi) is 1.64. The van der Waals surface area contributed by atoms with Crippen LogP contribution in [0.15, 0.2) is 12.1 Å². The molecule has 76 valence electrons. The van der Waals surface area contributed by atoms with Gasteiger partial charge in [-0.1, -0.05) is 0 Å². The molecule has 1 unspecified atom stereocenters. The van der Waals surface area contributed by atoms with E-state index in [2.05, 4.69) is 5.32 Å². The molecule has 0 radical (unpaired) electrons. The van der Waals surface area contributed by atoms with Gasteiger partial charge in [0.05, 0.1) is 17.4 Å². The summed E-state index contributed by atoms with van der Waals surface area (Å²) < 4.78 is 0. The molecule has 1 aromatic rings. The topological polar surface area (TPSA) is 105 Å². The number of benzene rings is 1. The molecule has 0 saturated heterocycles. The van der Waals surface area contributed by atoms with Gasteiger partial charge in [-0.2, -0.15) is 5.26 Å². The van der Waals surface area contributed by atoms with Crippen LogP contribution in [0.2, 0.25) is 0 Å². The number of nitrogens with one attached hydrogen (secondary N) is 1. The molecule has 1 atom stereocenters. The van der Waals surface area contributed by atoms with E-state index < -0.39 is 5.41 Å². The van der Waals surface area contributed by atoms with Crippen LogP contribution in [0.3, 0.4) is 0 Å². The maximum atomic E-state index is 11.6. The number of hydrogen-bond donors (Lipinski definition) is 3. The Hall–Kier alpha value is -2.22. The maximum absolute atomic E-state index is 11.6. The largest absolute Gasteiger partial charge is 0.397 e. The minimum atomic E-state index is -1.17. The van der Waals surface area contributed by atoms with Crippen LogP contribution in [0.1, 0.15) is 12.5 Å². The summed E-state index contributed by atoms with van der Waals surface area (Å²) in [7, 11) is 0.